The lowest BCUT2D eigenvalue weighted by atomic mass is 9.93. The Morgan fingerprint density at radius 3 is 1.67 bits per heavy atom. The van der Waals surface area contributed by atoms with Crippen LogP contribution >= 0.6 is 0 Å². The van der Waals surface area contributed by atoms with E-state index in [9.17, 15) is 57.8 Å². The molecule has 2 heterocycles. The van der Waals surface area contributed by atoms with Crippen LogP contribution in [0.15, 0.2) is 24.3 Å². The summed E-state index contributed by atoms with van der Waals surface area (Å²) >= 11 is 0. The minimum Gasteiger partial charge on any atom is -0.497 e. The minimum atomic E-state index is -1.69. The van der Waals surface area contributed by atoms with Crippen LogP contribution in [0.1, 0.15) is 127 Å². The summed E-state index contributed by atoms with van der Waals surface area (Å²) in [6.07, 6.45) is -0.500. The molecule has 2 saturated heterocycles. The van der Waals surface area contributed by atoms with E-state index in [0.29, 0.717) is 37.0 Å². The normalized spacial score (nSPS) is 26.5. The fourth-order valence-corrected chi connectivity index (χ4v) is 10.6. The van der Waals surface area contributed by atoms with Gasteiger partial charge in [0.05, 0.1) is 20.1 Å². The Kier molecular flexibility index (Phi) is 26.1. The number of cyclic esters (lactones) is 1. The summed E-state index contributed by atoms with van der Waals surface area (Å²) in [6, 6.07) is -3.85. The van der Waals surface area contributed by atoms with Crippen molar-refractivity contribution in [1.82, 2.24) is 45.8 Å². The highest BCUT2D eigenvalue weighted by atomic mass is 16.6. The number of nitrogens with zero attached hydrogens (tertiary/aromatic N) is 5. The molecule has 2 aliphatic heterocycles. The van der Waals surface area contributed by atoms with E-state index in [-0.39, 0.29) is 19.4 Å². The number of benzene rings is 1. The topological polar surface area (TPSA) is 291 Å². The van der Waals surface area contributed by atoms with Gasteiger partial charge in [-0.25, -0.2) is 4.79 Å². The van der Waals surface area contributed by atoms with Gasteiger partial charge in [-0.15, -0.1) is 0 Å². The SMILES string of the molecule is CCC(C)C1NC(=O)C(C(C)CC)N(C)C(=O)C(CC(=O)O)N(C)C(=O)C(C(C)C)NC(=O)C(C(C)C)N(C)C(=O)C2CCCCN2C(=O)C(C(C)C)OC(=O)C(Cc2ccc(OC)cc2)NC(=O)C(C(C)C)N(C)C(=O)CNC1=O. The highest BCUT2D eigenvalue weighted by molar-refractivity contribution is 5.99. The fraction of sp³-hybridized carbons (Fsp3) is 0.707. The van der Waals surface area contributed by atoms with E-state index in [1.165, 1.54) is 45.1 Å². The van der Waals surface area contributed by atoms with Crippen molar-refractivity contribution in [3.63, 3.8) is 0 Å². The summed E-state index contributed by atoms with van der Waals surface area (Å²) in [5.74, 6) is -12.1. The van der Waals surface area contributed by atoms with Crippen LogP contribution in [0.2, 0.25) is 0 Å². The van der Waals surface area contributed by atoms with E-state index in [1.54, 1.807) is 107 Å². The summed E-state index contributed by atoms with van der Waals surface area (Å²) < 4.78 is 11.4. The number of aliphatic carboxylic acids is 1. The molecule has 23 heteroatoms. The molecule has 2 fully saturated rings. The quantitative estimate of drug-likeness (QED) is 0.178. The van der Waals surface area contributed by atoms with Gasteiger partial charge in [0, 0.05) is 41.2 Å². The van der Waals surface area contributed by atoms with E-state index in [1.807, 2.05) is 0 Å². The van der Waals surface area contributed by atoms with Crippen molar-refractivity contribution in [2.24, 2.45) is 35.5 Å². The van der Waals surface area contributed by atoms with Gasteiger partial charge in [0.1, 0.15) is 54.1 Å². The van der Waals surface area contributed by atoms with E-state index >= 15 is 0 Å². The van der Waals surface area contributed by atoms with E-state index < -0.39 is 168 Å². The Labute approximate surface area is 478 Å². The van der Waals surface area contributed by atoms with E-state index in [0.717, 1.165) is 14.7 Å². The molecule has 11 unspecified atom stereocenters. The summed E-state index contributed by atoms with van der Waals surface area (Å²) in [4.78, 5) is 164. The van der Waals surface area contributed by atoms with Gasteiger partial charge in [-0.3, -0.25) is 47.9 Å². The van der Waals surface area contributed by atoms with Gasteiger partial charge in [0.15, 0.2) is 6.10 Å². The number of likely N-dealkylation sites (N-methyl/N-ethyl adjacent to an activating group) is 4. The average molecular weight is 1140 g/mol. The second-order valence-corrected chi connectivity index (χ2v) is 23.3. The van der Waals surface area contributed by atoms with Crippen LogP contribution in [0.5, 0.6) is 5.75 Å². The molecule has 81 heavy (non-hydrogen) atoms. The van der Waals surface area contributed by atoms with Crippen LogP contribution in [0, 0.1) is 35.5 Å². The van der Waals surface area contributed by atoms with Crippen LogP contribution in [0.3, 0.4) is 0 Å². The van der Waals surface area contributed by atoms with Gasteiger partial charge >= 0.3 is 11.9 Å². The van der Waals surface area contributed by atoms with Crippen molar-refractivity contribution in [2.45, 2.75) is 182 Å². The zero-order chi connectivity index (χ0) is 61.5. The third kappa shape index (κ3) is 17.6. The number of ether oxygens (including phenoxy) is 2. The molecule has 0 aromatic heterocycles. The molecule has 9 amide bonds. The maximum Gasteiger partial charge on any atom is 0.329 e. The molecule has 0 bridgehead atoms. The number of nitrogens with one attached hydrogen (secondary N) is 4. The van der Waals surface area contributed by atoms with Gasteiger partial charge < -0.3 is 60.3 Å². The number of carbonyl (C=O) groups excluding carboxylic acids is 10. The Bertz CT molecular complexity index is 2400. The fourth-order valence-electron chi connectivity index (χ4n) is 10.6. The molecule has 0 radical (unpaired) electrons. The number of carboxylic acids is 1. The highest BCUT2D eigenvalue weighted by Crippen LogP contribution is 2.27. The molecule has 454 valence electrons. The largest absolute Gasteiger partial charge is 0.497 e. The summed E-state index contributed by atoms with van der Waals surface area (Å²) in [5, 5.41) is 21.1. The molecule has 0 aliphatic carbocycles. The smallest absolute Gasteiger partial charge is 0.329 e. The molecular weight excluding hydrogens is 1050 g/mol. The molecule has 11 atom stereocenters. The standard InChI is InChI=1S/C58H93N9O14/c1-18-35(11)45-50(71)59-30-42(68)64(14)46(32(5)6)51(72)60-39(28-37-23-25-38(80-17)26-24-37)58(79)81-49(34(9)10)57(78)67-27-21-20-22-40(67)54(75)65(15)47(33(7)8)52(73)61-44(31(3)4)56(77)63(13)41(29-43(69)70)55(76)66(16)48(36(12)19-2)53(74)62-45/h23-26,31-36,39-41,44-49H,18-22,27-30H2,1-17H3,(H,59,71)(H,60,72)(H,61,73)(H,62,74)(H,69,70). The third-order valence-electron chi connectivity index (χ3n) is 15.9. The first kappa shape index (κ1) is 68.5. The van der Waals surface area contributed by atoms with Gasteiger partial charge in [-0.1, -0.05) is 108 Å². The number of carboxylic acid groups (broad SMARTS) is 1. The van der Waals surface area contributed by atoms with Gasteiger partial charge in [0.25, 0.3) is 5.91 Å². The number of piperidine rings is 1. The third-order valence-corrected chi connectivity index (χ3v) is 15.9. The predicted molar refractivity (Wildman–Crippen MR) is 301 cm³/mol. The lowest BCUT2D eigenvalue weighted by Crippen LogP contribution is -2.63. The molecular formula is C58H93N9O14. The van der Waals surface area contributed by atoms with Gasteiger partial charge in [0.2, 0.25) is 47.3 Å². The molecule has 2 aliphatic rings. The van der Waals surface area contributed by atoms with Gasteiger partial charge in [-0.2, -0.15) is 0 Å². The monoisotopic (exact) mass is 1140 g/mol. The van der Waals surface area contributed by atoms with Crippen LogP contribution in [-0.2, 0) is 63.9 Å². The van der Waals surface area contributed by atoms with Crippen molar-refractivity contribution in [2.75, 3.05) is 48.4 Å². The van der Waals surface area contributed by atoms with Crippen molar-refractivity contribution in [3.05, 3.63) is 29.8 Å². The lowest BCUT2D eigenvalue weighted by molar-refractivity contribution is -0.169. The van der Waals surface area contributed by atoms with Gasteiger partial charge in [-0.05, 0) is 72.5 Å². The highest BCUT2D eigenvalue weighted by Gasteiger charge is 2.46. The summed E-state index contributed by atoms with van der Waals surface area (Å²) in [6.45, 7) is 19.9. The van der Waals surface area contributed by atoms with Crippen LogP contribution in [0.4, 0.5) is 0 Å². The number of carbonyl (C=O) groups is 11. The zero-order valence-corrected chi connectivity index (χ0v) is 50.8. The first-order valence-corrected chi connectivity index (χ1v) is 28.5. The van der Waals surface area contributed by atoms with E-state index in [4.69, 9.17) is 9.47 Å². The predicted octanol–water partition coefficient (Wildman–Crippen LogP) is 2.61. The second-order valence-electron chi connectivity index (χ2n) is 23.3. The number of hydrogen-bond donors (Lipinski definition) is 5. The maximum atomic E-state index is 14.9. The summed E-state index contributed by atoms with van der Waals surface area (Å²) in [7, 11) is 6.83. The van der Waals surface area contributed by atoms with Crippen molar-refractivity contribution >= 4 is 65.1 Å². The molecule has 5 N–H and O–H groups in total. The van der Waals surface area contributed by atoms with Crippen LogP contribution in [-0.4, -0.2) is 198 Å². The number of methoxy groups -OCH3 is 1. The first-order valence-electron chi connectivity index (χ1n) is 28.5. The van der Waals surface area contributed by atoms with Crippen molar-refractivity contribution < 1.29 is 67.3 Å². The number of amides is 9. The first-order chi connectivity index (χ1) is 37.9. The molecule has 3 rings (SSSR count). The average Bonchev–Trinajstić information content (AvgIpc) is 3.42. The Hall–Kier alpha value is -6.81. The lowest BCUT2D eigenvalue weighted by Gasteiger charge is -2.41. The minimum absolute atomic E-state index is 0.105. The zero-order valence-electron chi connectivity index (χ0n) is 50.8. The molecule has 1 aromatic carbocycles. The number of esters is 1. The maximum absolute atomic E-state index is 14.9. The van der Waals surface area contributed by atoms with Crippen LogP contribution < -0.4 is 26.0 Å². The Morgan fingerprint density at radius 1 is 0.617 bits per heavy atom. The van der Waals surface area contributed by atoms with Crippen LogP contribution in [0.25, 0.3) is 0 Å². The molecule has 1 aromatic rings. The van der Waals surface area contributed by atoms with Crippen molar-refractivity contribution in [3.8, 4) is 5.75 Å². The molecule has 23 nitrogen and oxygen atoms in total. The van der Waals surface area contributed by atoms with E-state index in [2.05, 4.69) is 21.3 Å². The second kappa shape index (κ2) is 30.9. The Balaban J connectivity index is 2.29. The number of rotatable bonds is 13. The Morgan fingerprint density at radius 2 is 1.15 bits per heavy atom. The molecule has 0 saturated carbocycles. The number of hydrogen-bond acceptors (Lipinski definition) is 13. The van der Waals surface area contributed by atoms with Crippen molar-refractivity contribution in [1.29, 1.82) is 0 Å². The summed E-state index contributed by atoms with van der Waals surface area (Å²) in [5.41, 5.74) is 0.583. The number of fused-ring (bicyclic) bond motifs is 1. The molecule has 0 spiro atoms.